The molecule has 29 heavy (non-hydrogen) atoms. The number of carbonyl (C=O) groups excluding carboxylic acids is 2. The number of benzene rings is 2. The molecule has 2 aromatic rings. The van der Waals surface area contributed by atoms with Crippen LogP contribution in [-0.4, -0.2) is 47.7 Å². The largest absolute Gasteiger partial charge is 0.449 e. The van der Waals surface area contributed by atoms with Crippen LogP contribution in [0.25, 0.3) is 0 Å². The number of ether oxygens (including phenoxy) is 1. The predicted molar refractivity (Wildman–Crippen MR) is 108 cm³/mol. The Labute approximate surface area is 168 Å². The van der Waals surface area contributed by atoms with Gasteiger partial charge in [0, 0.05) is 36.6 Å². The normalized spacial score (nSPS) is 11.4. The number of anilines is 2. The summed E-state index contributed by atoms with van der Waals surface area (Å²) < 4.78 is 5.30. The first kappa shape index (κ1) is 21.8. The molecule has 0 radical (unpaired) electrons. The smallest absolute Gasteiger partial charge is 0.341 e. The van der Waals surface area contributed by atoms with Crippen LogP contribution in [0.3, 0.4) is 0 Å². The predicted octanol–water partition coefficient (Wildman–Crippen LogP) is 2.60. The molecule has 0 aliphatic heterocycles. The van der Waals surface area contributed by atoms with Crippen LogP contribution in [0, 0.1) is 10.1 Å². The van der Waals surface area contributed by atoms with Gasteiger partial charge in [0.2, 0.25) is 0 Å². The van der Waals surface area contributed by atoms with Crippen molar-refractivity contribution >= 4 is 28.9 Å². The monoisotopic (exact) mass is 401 g/mol. The van der Waals surface area contributed by atoms with E-state index in [1.165, 1.54) is 24.0 Å². The molecule has 1 atom stereocenters. The van der Waals surface area contributed by atoms with Gasteiger partial charge in [0.05, 0.1) is 17.1 Å². The van der Waals surface area contributed by atoms with Gasteiger partial charge in [0.1, 0.15) is 0 Å². The van der Waals surface area contributed by atoms with E-state index in [1.807, 2.05) is 6.07 Å². The first-order valence-corrected chi connectivity index (χ1v) is 9.09. The Hall–Kier alpha value is -3.46. The maximum Gasteiger partial charge on any atom is 0.341 e. The van der Waals surface area contributed by atoms with Crippen molar-refractivity contribution in [3.8, 4) is 0 Å². The van der Waals surface area contributed by atoms with Gasteiger partial charge >= 0.3 is 5.97 Å². The Bertz CT molecular complexity index is 872. The van der Waals surface area contributed by atoms with Gasteiger partial charge in [0.25, 0.3) is 11.6 Å². The lowest BCUT2D eigenvalue weighted by atomic mass is 10.1. The second-order valence-corrected chi connectivity index (χ2v) is 6.10. The van der Waals surface area contributed by atoms with Crippen molar-refractivity contribution in [1.29, 1.82) is 0 Å². The summed E-state index contributed by atoms with van der Waals surface area (Å²) in [5.41, 5.74) is 0.563. The summed E-state index contributed by atoms with van der Waals surface area (Å²) in [6.07, 6.45) is -1.10. The highest BCUT2D eigenvalue weighted by molar-refractivity contribution is 6.01. The van der Waals surface area contributed by atoms with E-state index in [1.54, 1.807) is 31.2 Å². The van der Waals surface area contributed by atoms with E-state index < -0.39 is 22.9 Å². The number of nitrogens with one attached hydrogen (secondary N) is 1. The Morgan fingerprint density at radius 3 is 2.52 bits per heavy atom. The number of rotatable bonds is 9. The number of amides is 1. The SMILES string of the molecule is CCN(C(=O)[C@H](C)OC(=O)c1cc([N+](=O)[O-])ccc1NCCO)c1ccccc1. The average molecular weight is 401 g/mol. The van der Waals surface area contributed by atoms with Gasteiger partial charge in [-0.3, -0.25) is 14.9 Å². The topological polar surface area (TPSA) is 122 Å². The molecular formula is C20H23N3O6. The molecule has 0 aliphatic rings. The molecule has 9 heteroatoms. The lowest BCUT2D eigenvalue weighted by molar-refractivity contribution is -0.384. The number of aliphatic hydroxyl groups excluding tert-OH is 1. The minimum atomic E-state index is -1.10. The standard InChI is InChI=1S/C20H23N3O6/c1-3-22(15-7-5-4-6-8-15)19(25)14(2)29-20(26)17-13-16(23(27)28)9-10-18(17)21-11-12-24/h4-10,13-14,21,24H,3,11-12H2,1-2H3/t14-/m0/s1. The Morgan fingerprint density at radius 1 is 1.24 bits per heavy atom. The van der Waals surface area contributed by atoms with Crippen molar-refractivity contribution in [1.82, 2.24) is 0 Å². The number of likely N-dealkylation sites (N-methyl/N-ethyl adjacent to an activating group) is 1. The van der Waals surface area contributed by atoms with E-state index >= 15 is 0 Å². The zero-order valence-electron chi connectivity index (χ0n) is 16.2. The van der Waals surface area contributed by atoms with E-state index in [9.17, 15) is 19.7 Å². The second-order valence-electron chi connectivity index (χ2n) is 6.10. The Kier molecular flexibility index (Phi) is 7.67. The second kappa shape index (κ2) is 10.2. The molecule has 2 aromatic carbocycles. The van der Waals surface area contributed by atoms with Gasteiger partial charge in [0.15, 0.2) is 6.10 Å². The number of para-hydroxylation sites is 1. The molecular weight excluding hydrogens is 378 g/mol. The maximum atomic E-state index is 12.8. The number of hydrogen-bond acceptors (Lipinski definition) is 7. The quantitative estimate of drug-likeness (QED) is 0.376. The minimum Gasteiger partial charge on any atom is -0.449 e. The lowest BCUT2D eigenvalue weighted by Gasteiger charge is -2.24. The Balaban J connectivity index is 2.22. The molecule has 0 unspecified atom stereocenters. The van der Waals surface area contributed by atoms with Crippen LogP contribution in [0.15, 0.2) is 48.5 Å². The van der Waals surface area contributed by atoms with Crippen LogP contribution in [0.2, 0.25) is 0 Å². The van der Waals surface area contributed by atoms with Crippen LogP contribution in [0.5, 0.6) is 0 Å². The number of aliphatic hydroxyl groups is 1. The van der Waals surface area contributed by atoms with Crippen molar-refractivity contribution in [2.24, 2.45) is 0 Å². The fraction of sp³-hybridized carbons (Fsp3) is 0.300. The van der Waals surface area contributed by atoms with E-state index in [-0.39, 0.29) is 30.1 Å². The van der Waals surface area contributed by atoms with Gasteiger partial charge in [-0.05, 0) is 32.0 Å². The van der Waals surface area contributed by atoms with E-state index in [2.05, 4.69) is 5.32 Å². The van der Waals surface area contributed by atoms with Crippen LogP contribution in [0.1, 0.15) is 24.2 Å². The van der Waals surface area contributed by atoms with Crippen molar-refractivity contribution in [2.45, 2.75) is 20.0 Å². The van der Waals surface area contributed by atoms with Gasteiger partial charge in [-0.25, -0.2) is 4.79 Å². The fourth-order valence-electron chi connectivity index (χ4n) is 2.73. The molecule has 154 valence electrons. The molecule has 0 aromatic heterocycles. The zero-order chi connectivity index (χ0) is 21.4. The third-order valence-corrected chi connectivity index (χ3v) is 4.14. The fourth-order valence-corrected chi connectivity index (χ4v) is 2.73. The first-order valence-electron chi connectivity index (χ1n) is 9.09. The average Bonchev–Trinajstić information content (AvgIpc) is 2.73. The molecule has 0 aliphatic carbocycles. The molecule has 0 bridgehead atoms. The number of non-ortho nitro benzene ring substituents is 1. The lowest BCUT2D eigenvalue weighted by Crippen LogP contribution is -2.40. The molecule has 0 fully saturated rings. The third kappa shape index (κ3) is 5.52. The molecule has 0 spiro atoms. The molecule has 0 saturated heterocycles. The van der Waals surface area contributed by atoms with Crippen molar-refractivity contribution < 1.29 is 24.4 Å². The van der Waals surface area contributed by atoms with Crippen LogP contribution in [0.4, 0.5) is 17.1 Å². The van der Waals surface area contributed by atoms with E-state index in [0.717, 1.165) is 6.07 Å². The summed E-state index contributed by atoms with van der Waals surface area (Å²) in [4.78, 5) is 37.3. The van der Waals surface area contributed by atoms with Crippen LogP contribution >= 0.6 is 0 Å². The van der Waals surface area contributed by atoms with Crippen molar-refractivity contribution in [3.63, 3.8) is 0 Å². The van der Waals surface area contributed by atoms with E-state index in [0.29, 0.717) is 12.2 Å². The van der Waals surface area contributed by atoms with Gasteiger partial charge < -0.3 is 20.1 Å². The van der Waals surface area contributed by atoms with Gasteiger partial charge in [-0.1, -0.05) is 18.2 Å². The number of nitrogens with zero attached hydrogens (tertiary/aromatic N) is 2. The highest BCUT2D eigenvalue weighted by Crippen LogP contribution is 2.24. The molecule has 9 nitrogen and oxygen atoms in total. The van der Waals surface area contributed by atoms with Gasteiger partial charge in [-0.15, -0.1) is 0 Å². The van der Waals surface area contributed by atoms with E-state index in [4.69, 9.17) is 9.84 Å². The summed E-state index contributed by atoms with van der Waals surface area (Å²) >= 11 is 0. The first-order chi connectivity index (χ1) is 13.9. The molecule has 1 amide bonds. The highest BCUT2D eigenvalue weighted by Gasteiger charge is 2.26. The number of nitro groups is 1. The van der Waals surface area contributed by atoms with Crippen LogP contribution in [-0.2, 0) is 9.53 Å². The summed E-state index contributed by atoms with van der Waals surface area (Å²) in [5, 5.41) is 22.8. The summed E-state index contributed by atoms with van der Waals surface area (Å²) in [6.45, 7) is 3.58. The van der Waals surface area contributed by atoms with Crippen molar-refractivity contribution in [2.75, 3.05) is 29.9 Å². The molecule has 2 N–H and O–H groups in total. The number of hydrogen-bond donors (Lipinski definition) is 2. The van der Waals surface area contributed by atoms with Crippen molar-refractivity contribution in [3.05, 3.63) is 64.2 Å². The molecule has 0 heterocycles. The number of carbonyl (C=O) groups is 2. The zero-order valence-corrected chi connectivity index (χ0v) is 16.2. The molecule has 2 rings (SSSR count). The minimum absolute atomic E-state index is 0.0879. The summed E-state index contributed by atoms with van der Waals surface area (Å²) in [6, 6.07) is 12.6. The highest BCUT2D eigenvalue weighted by atomic mass is 16.6. The number of nitro benzene ring substituents is 1. The maximum absolute atomic E-state index is 12.8. The summed E-state index contributed by atoms with van der Waals surface area (Å²) in [7, 11) is 0. The molecule has 0 saturated carbocycles. The number of esters is 1. The van der Waals surface area contributed by atoms with Crippen LogP contribution < -0.4 is 10.2 Å². The summed E-state index contributed by atoms with van der Waals surface area (Å²) in [5.74, 6) is -1.29. The van der Waals surface area contributed by atoms with Gasteiger partial charge in [-0.2, -0.15) is 0 Å². The third-order valence-electron chi connectivity index (χ3n) is 4.14. The Morgan fingerprint density at radius 2 is 1.93 bits per heavy atom.